The lowest BCUT2D eigenvalue weighted by atomic mass is 9.97. The molecule has 1 unspecified atom stereocenters. The molecule has 0 bridgehead atoms. The van der Waals surface area contributed by atoms with Gasteiger partial charge in [-0.2, -0.15) is 0 Å². The lowest BCUT2D eigenvalue weighted by Gasteiger charge is -2.30. The van der Waals surface area contributed by atoms with Crippen molar-refractivity contribution in [1.29, 1.82) is 0 Å². The highest BCUT2D eigenvalue weighted by molar-refractivity contribution is 5.80. The highest BCUT2D eigenvalue weighted by Gasteiger charge is 2.28. The number of carbonyl (C=O) groups excluding carboxylic acids is 1. The van der Waals surface area contributed by atoms with Gasteiger partial charge in [0.2, 0.25) is 5.91 Å². The number of likely N-dealkylation sites (tertiary alicyclic amines) is 1. The van der Waals surface area contributed by atoms with Gasteiger partial charge in [0.05, 0.1) is 12.3 Å². The second-order valence-corrected chi connectivity index (χ2v) is 6.41. The van der Waals surface area contributed by atoms with Crippen LogP contribution >= 0.6 is 0 Å². The van der Waals surface area contributed by atoms with Gasteiger partial charge >= 0.3 is 5.97 Å². The van der Waals surface area contributed by atoms with Crippen molar-refractivity contribution in [2.24, 2.45) is 5.92 Å². The van der Waals surface area contributed by atoms with Crippen molar-refractivity contribution in [2.45, 2.75) is 26.2 Å². The fraction of sp³-hybridized carbons (Fsp3) is 0.389. The lowest BCUT2D eigenvalue weighted by Crippen LogP contribution is -2.43. The third-order valence-electron chi connectivity index (χ3n) is 4.61. The van der Waals surface area contributed by atoms with E-state index >= 15 is 0 Å². The van der Waals surface area contributed by atoms with Crippen LogP contribution in [0.25, 0.3) is 11.4 Å². The summed E-state index contributed by atoms with van der Waals surface area (Å²) in [5.41, 5.74) is 1.11. The molecule has 3 heterocycles. The Morgan fingerprint density at radius 3 is 2.88 bits per heavy atom. The molecule has 2 aromatic rings. The number of nitrogens with one attached hydrogen (secondary N) is 1. The molecule has 26 heavy (non-hydrogen) atoms. The van der Waals surface area contributed by atoms with Crippen molar-refractivity contribution in [3.8, 4) is 11.4 Å². The Balaban J connectivity index is 1.79. The van der Waals surface area contributed by atoms with Crippen LogP contribution in [0.2, 0.25) is 0 Å². The van der Waals surface area contributed by atoms with Crippen molar-refractivity contribution in [3.05, 3.63) is 46.1 Å². The average molecular weight is 356 g/mol. The predicted molar refractivity (Wildman–Crippen MR) is 93.5 cm³/mol. The minimum Gasteiger partial charge on any atom is -0.481 e. The average Bonchev–Trinajstić information content (AvgIpc) is 2.65. The van der Waals surface area contributed by atoms with Gasteiger partial charge < -0.3 is 15.0 Å². The number of pyridine rings is 1. The number of piperidine rings is 1. The third kappa shape index (κ3) is 3.79. The zero-order chi connectivity index (χ0) is 18.7. The second-order valence-electron chi connectivity index (χ2n) is 6.41. The van der Waals surface area contributed by atoms with Crippen LogP contribution < -0.4 is 5.56 Å². The Labute approximate surface area is 149 Å². The number of carboxylic acid groups (broad SMARTS) is 1. The number of aliphatic carboxylic acids is 1. The van der Waals surface area contributed by atoms with Gasteiger partial charge in [0, 0.05) is 42.3 Å². The maximum absolute atomic E-state index is 12.5. The highest BCUT2D eigenvalue weighted by atomic mass is 16.4. The molecule has 3 rings (SSSR count). The van der Waals surface area contributed by atoms with Gasteiger partial charge in [-0.05, 0) is 31.9 Å². The summed E-state index contributed by atoms with van der Waals surface area (Å²) >= 11 is 0. The minimum atomic E-state index is -0.890. The SMILES string of the molecule is Cc1nc(-c2cccnc2)[nH]c(=O)c1CC(=O)N1CCCC(C(=O)O)C1. The molecule has 0 aromatic carbocycles. The summed E-state index contributed by atoms with van der Waals surface area (Å²) in [6.45, 7) is 2.39. The summed E-state index contributed by atoms with van der Waals surface area (Å²) in [4.78, 5) is 48.7. The van der Waals surface area contributed by atoms with Gasteiger partial charge in [0.1, 0.15) is 5.82 Å². The first kappa shape index (κ1) is 17.8. The van der Waals surface area contributed by atoms with E-state index in [1.165, 1.54) is 4.90 Å². The molecule has 1 atom stereocenters. The first-order chi connectivity index (χ1) is 12.5. The second kappa shape index (κ2) is 7.47. The molecule has 1 aliphatic heterocycles. The van der Waals surface area contributed by atoms with Gasteiger partial charge in [0.25, 0.3) is 5.56 Å². The summed E-state index contributed by atoms with van der Waals surface area (Å²) in [7, 11) is 0. The van der Waals surface area contributed by atoms with Crippen LogP contribution in [0.5, 0.6) is 0 Å². The fourth-order valence-electron chi connectivity index (χ4n) is 3.13. The number of rotatable bonds is 4. The van der Waals surface area contributed by atoms with Gasteiger partial charge in [0.15, 0.2) is 0 Å². The Hall–Kier alpha value is -3.03. The number of hydrogen-bond acceptors (Lipinski definition) is 5. The van der Waals surface area contributed by atoms with Gasteiger partial charge in [-0.1, -0.05) is 0 Å². The van der Waals surface area contributed by atoms with Crippen molar-refractivity contribution in [2.75, 3.05) is 13.1 Å². The number of carbonyl (C=O) groups is 2. The summed E-state index contributed by atoms with van der Waals surface area (Å²) in [6.07, 6.45) is 4.36. The number of aromatic amines is 1. The number of amides is 1. The van der Waals surface area contributed by atoms with Crippen LogP contribution in [0.15, 0.2) is 29.3 Å². The van der Waals surface area contributed by atoms with E-state index in [2.05, 4.69) is 15.0 Å². The van der Waals surface area contributed by atoms with Crippen molar-refractivity contribution >= 4 is 11.9 Å². The standard InChI is InChI=1S/C18H20N4O4/c1-11-14(8-15(23)22-7-3-5-13(10-22)18(25)26)17(24)21-16(20-11)12-4-2-6-19-9-12/h2,4,6,9,13H,3,5,7-8,10H2,1H3,(H,25,26)(H,20,21,24). The van der Waals surface area contributed by atoms with Crippen LogP contribution in [0.1, 0.15) is 24.1 Å². The Morgan fingerprint density at radius 1 is 1.42 bits per heavy atom. The third-order valence-corrected chi connectivity index (χ3v) is 4.61. The van der Waals surface area contributed by atoms with E-state index in [0.717, 1.165) is 0 Å². The van der Waals surface area contributed by atoms with Crippen LogP contribution in [-0.4, -0.2) is 49.9 Å². The van der Waals surface area contributed by atoms with Crippen molar-refractivity contribution < 1.29 is 14.7 Å². The van der Waals surface area contributed by atoms with Crippen LogP contribution in [0.3, 0.4) is 0 Å². The quantitative estimate of drug-likeness (QED) is 0.844. The number of carboxylic acids is 1. The number of aryl methyl sites for hydroxylation is 1. The predicted octanol–water partition coefficient (Wildman–Crippen LogP) is 1.01. The van der Waals surface area contributed by atoms with E-state index in [0.29, 0.717) is 42.0 Å². The molecule has 136 valence electrons. The molecule has 1 amide bonds. The molecule has 2 N–H and O–H groups in total. The normalized spacial score (nSPS) is 17.1. The van der Waals surface area contributed by atoms with Crippen LogP contribution in [-0.2, 0) is 16.0 Å². The molecular formula is C18H20N4O4. The van der Waals surface area contributed by atoms with Crippen LogP contribution in [0.4, 0.5) is 0 Å². The fourth-order valence-corrected chi connectivity index (χ4v) is 3.13. The molecular weight excluding hydrogens is 336 g/mol. The largest absolute Gasteiger partial charge is 0.481 e. The number of nitrogens with zero attached hydrogens (tertiary/aromatic N) is 3. The molecule has 1 aliphatic rings. The Kier molecular flexibility index (Phi) is 5.11. The first-order valence-corrected chi connectivity index (χ1v) is 8.46. The molecule has 2 aromatic heterocycles. The molecule has 8 heteroatoms. The molecule has 0 aliphatic carbocycles. The summed E-state index contributed by atoms with van der Waals surface area (Å²) < 4.78 is 0. The van der Waals surface area contributed by atoms with E-state index in [-0.39, 0.29) is 24.4 Å². The molecule has 0 radical (unpaired) electrons. The summed E-state index contributed by atoms with van der Waals surface area (Å²) in [5, 5.41) is 9.15. The Bertz CT molecular complexity index is 879. The van der Waals surface area contributed by atoms with Gasteiger partial charge in [-0.25, -0.2) is 4.98 Å². The smallest absolute Gasteiger partial charge is 0.308 e. The Morgan fingerprint density at radius 2 is 2.23 bits per heavy atom. The topological polar surface area (TPSA) is 116 Å². The maximum Gasteiger partial charge on any atom is 0.308 e. The monoisotopic (exact) mass is 356 g/mol. The molecule has 1 saturated heterocycles. The first-order valence-electron chi connectivity index (χ1n) is 8.46. The number of aromatic nitrogens is 3. The van der Waals surface area contributed by atoms with Crippen LogP contribution in [0, 0.1) is 12.8 Å². The maximum atomic E-state index is 12.5. The minimum absolute atomic E-state index is 0.0895. The van der Waals surface area contributed by atoms with E-state index in [1.54, 1.807) is 31.5 Å². The van der Waals surface area contributed by atoms with E-state index in [1.807, 2.05) is 0 Å². The van der Waals surface area contributed by atoms with Gasteiger partial charge in [-0.3, -0.25) is 19.4 Å². The van der Waals surface area contributed by atoms with Crippen molar-refractivity contribution in [3.63, 3.8) is 0 Å². The molecule has 1 fully saturated rings. The van der Waals surface area contributed by atoms with E-state index in [9.17, 15) is 14.4 Å². The zero-order valence-electron chi connectivity index (χ0n) is 14.4. The summed E-state index contributed by atoms with van der Waals surface area (Å²) in [5.74, 6) is -1.28. The number of hydrogen-bond donors (Lipinski definition) is 2. The highest BCUT2D eigenvalue weighted by Crippen LogP contribution is 2.18. The summed E-state index contributed by atoms with van der Waals surface area (Å²) in [6, 6.07) is 3.53. The molecule has 0 spiro atoms. The number of H-pyrrole nitrogens is 1. The lowest BCUT2D eigenvalue weighted by molar-refractivity contribution is -0.145. The molecule has 0 saturated carbocycles. The van der Waals surface area contributed by atoms with E-state index < -0.39 is 11.9 Å². The zero-order valence-corrected chi connectivity index (χ0v) is 14.4. The van der Waals surface area contributed by atoms with Crippen molar-refractivity contribution in [1.82, 2.24) is 19.9 Å². The van der Waals surface area contributed by atoms with Gasteiger partial charge in [-0.15, -0.1) is 0 Å². The molecule has 8 nitrogen and oxygen atoms in total. The van der Waals surface area contributed by atoms with E-state index in [4.69, 9.17) is 5.11 Å².